The molecule has 0 fully saturated rings. The predicted molar refractivity (Wildman–Crippen MR) is 94.6 cm³/mol. The first-order valence-corrected chi connectivity index (χ1v) is 8.71. The average Bonchev–Trinajstić information content (AvgIpc) is 2.48. The maximum Gasteiger partial charge on any atom is 0.302 e. The van der Waals surface area contributed by atoms with Gasteiger partial charge < -0.3 is 14.2 Å². The fraction of sp³-hybridized carbons (Fsp3) is 0.833. The second-order valence-electron chi connectivity index (χ2n) is 5.08. The monoisotopic (exact) mass is 348 g/mol. The molecule has 24 heavy (non-hydrogen) atoms. The lowest BCUT2D eigenvalue weighted by molar-refractivity contribution is -0.142. The molecule has 0 aliphatic carbocycles. The van der Waals surface area contributed by atoms with E-state index in [1.807, 2.05) is 0 Å². The van der Waals surface area contributed by atoms with Crippen molar-refractivity contribution in [1.29, 1.82) is 0 Å². The normalized spacial score (nSPS) is 8.75. The van der Waals surface area contributed by atoms with Gasteiger partial charge in [0.2, 0.25) is 0 Å². The smallest absolute Gasteiger partial charge is 0.302 e. The largest absolute Gasteiger partial charge is 0.466 e. The Bertz CT molecular complexity index is 254. The van der Waals surface area contributed by atoms with E-state index in [0.29, 0.717) is 19.8 Å². The summed E-state index contributed by atoms with van der Waals surface area (Å²) in [6.07, 6.45) is 6.15. The van der Waals surface area contributed by atoms with E-state index < -0.39 is 0 Å². The van der Waals surface area contributed by atoms with Gasteiger partial charge in [-0.25, -0.2) is 0 Å². The Kier molecular flexibility index (Phi) is 26.9. The number of carbonyl (C=O) groups excluding carboxylic acids is 3. The Labute approximate surface area is 147 Å². The SMILES string of the molecule is CCCCOC(C)=O.CCCCOC(C)=O.CCCCOC(C)=O. The minimum atomic E-state index is -0.182. The van der Waals surface area contributed by atoms with Crippen LogP contribution in [-0.2, 0) is 28.6 Å². The number of esters is 3. The molecule has 0 amide bonds. The van der Waals surface area contributed by atoms with Gasteiger partial charge in [0.25, 0.3) is 0 Å². The van der Waals surface area contributed by atoms with Gasteiger partial charge in [0.05, 0.1) is 19.8 Å². The van der Waals surface area contributed by atoms with E-state index in [2.05, 4.69) is 35.0 Å². The first-order chi connectivity index (χ1) is 11.3. The third-order valence-electron chi connectivity index (χ3n) is 2.41. The van der Waals surface area contributed by atoms with Crippen molar-refractivity contribution in [2.45, 2.75) is 80.1 Å². The van der Waals surface area contributed by atoms with E-state index in [-0.39, 0.29) is 17.9 Å². The number of unbranched alkanes of at least 4 members (excludes halogenated alkanes) is 3. The molecule has 0 N–H and O–H groups in total. The number of hydrogen-bond donors (Lipinski definition) is 0. The molecule has 0 spiro atoms. The zero-order valence-corrected chi connectivity index (χ0v) is 16.3. The van der Waals surface area contributed by atoms with Gasteiger partial charge in [0, 0.05) is 20.8 Å². The van der Waals surface area contributed by atoms with Gasteiger partial charge in [-0.15, -0.1) is 0 Å². The topological polar surface area (TPSA) is 78.9 Å². The lowest BCUT2D eigenvalue weighted by Crippen LogP contribution is -1.99. The van der Waals surface area contributed by atoms with Gasteiger partial charge >= 0.3 is 17.9 Å². The van der Waals surface area contributed by atoms with Crippen LogP contribution in [0.4, 0.5) is 0 Å². The Hall–Kier alpha value is -1.59. The fourth-order valence-electron chi connectivity index (χ4n) is 1.08. The van der Waals surface area contributed by atoms with E-state index in [1.165, 1.54) is 20.8 Å². The van der Waals surface area contributed by atoms with Crippen LogP contribution in [-0.4, -0.2) is 37.7 Å². The van der Waals surface area contributed by atoms with Gasteiger partial charge in [0.1, 0.15) is 0 Å². The van der Waals surface area contributed by atoms with Gasteiger partial charge in [-0.3, -0.25) is 14.4 Å². The summed E-state index contributed by atoms with van der Waals surface area (Å²) in [5.74, 6) is -0.546. The number of rotatable bonds is 9. The lowest BCUT2D eigenvalue weighted by Gasteiger charge is -1.96. The third-order valence-corrected chi connectivity index (χ3v) is 2.41. The molecule has 0 radical (unpaired) electrons. The second-order valence-corrected chi connectivity index (χ2v) is 5.08. The molecule has 0 aromatic carbocycles. The van der Waals surface area contributed by atoms with Crippen molar-refractivity contribution in [1.82, 2.24) is 0 Å². The summed E-state index contributed by atoms with van der Waals surface area (Å²) >= 11 is 0. The van der Waals surface area contributed by atoms with Crippen LogP contribution in [0.25, 0.3) is 0 Å². The zero-order chi connectivity index (χ0) is 19.2. The highest BCUT2D eigenvalue weighted by Crippen LogP contribution is 1.88. The van der Waals surface area contributed by atoms with Crippen molar-refractivity contribution in [2.24, 2.45) is 0 Å². The van der Waals surface area contributed by atoms with E-state index in [9.17, 15) is 14.4 Å². The van der Waals surface area contributed by atoms with Crippen LogP contribution >= 0.6 is 0 Å². The number of ether oxygens (including phenoxy) is 3. The fourth-order valence-corrected chi connectivity index (χ4v) is 1.08. The molecule has 0 saturated heterocycles. The summed E-state index contributed by atoms with van der Waals surface area (Å²) in [6.45, 7) is 12.2. The number of carbonyl (C=O) groups is 3. The first kappa shape index (κ1) is 27.3. The van der Waals surface area contributed by atoms with E-state index in [1.54, 1.807) is 0 Å². The number of hydrogen-bond acceptors (Lipinski definition) is 6. The molecule has 0 aliphatic rings. The summed E-state index contributed by atoms with van der Waals surface area (Å²) in [5.41, 5.74) is 0. The van der Waals surface area contributed by atoms with Crippen LogP contribution in [0.15, 0.2) is 0 Å². The highest BCUT2D eigenvalue weighted by Gasteiger charge is 1.89. The highest BCUT2D eigenvalue weighted by molar-refractivity contribution is 5.66. The predicted octanol–water partition coefficient (Wildman–Crippen LogP) is 4.05. The van der Waals surface area contributed by atoms with Crippen LogP contribution < -0.4 is 0 Å². The van der Waals surface area contributed by atoms with E-state index in [4.69, 9.17) is 0 Å². The summed E-state index contributed by atoms with van der Waals surface area (Å²) < 4.78 is 13.9. The summed E-state index contributed by atoms with van der Waals surface area (Å²) in [4.78, 5) is 30.3. The maximum absolute atomic E-state index is 10.1. The Morgan fingerprint density at radius 2 is 0.750 bits per heavy atom. The molecule has 0 unspecified atom stereocenters. The van der Waals surface area contributed by atoms with Crippen molar-refractivity contribution in [3.63, 3.8) is 0 Å². The van der Waals surface area contributed by atoms with Crippen molar-refractivity contribution >= 4 is 17.9 Å². The van der Waals surface area contributed by atoms with Crippen LogP contribution in [0.3, 0.4) is 0 Å². The molecular weight excluding hydrogens is 312 g/mol. The molecule has 0 atom stereocenters. The lowest BCUT2D eigenvalue weighted by atomic mass is 10.4. The standard InChI is InChI=1S/3C6H12O2/c3*1-3-4-5-8-6(2)7/h3*3-5H2,1-2H3. The Morgan fingerprint density at radius 3 is 0.875 bits per heavy atom. The van der Waals surface area contributed by atoms with Crippen LogP contribution in [0, 0.1) is 0 Å². The molecule has 6 nitrogen and oxygen atoms in total. The molecule has 0 aromatic heterocycles. The summed E-state index contributed by atoms with van der Waals surface area (Å²) in [6, 6.07) is 0. The average molecular weight is 348 g/mol. The molecule has 0 saturated carbocycles. The molecular formula is C18H36O6. The van der Waals surface area contributed by atoms with Crippen molar-refractivity contribution in [3.05, 3.63) is 0 Å². The van der Waals surface area contributed by atoms with E-state index >= 15 is 0 Å². The molecule has 0 heterocycles. The highest BCUT2D eigenvalue weighted by atomic mass is 16.5. The molecule has 6 heteroatoms. The summed E-state index contributed by atoms with van der Waals surface area (Å²) in [5, 5.41) is 0. The Balaban J connectivity index is -0.000000276. The molecule has 0 aromatic rings. The van der Waals surface area contributed by atoms with Crippen molar-refractivity contribution in [3.8, 4) is 0 Å². The maximum atomic E-state index is 10.1. The van der Waals surface area contributed by atoms with Crippen molar-refractivity contribution < 1.29 is 28.6 Å². The van der Waals surface area contributed by atoms with Crippen molar-refractivity contribution in [2.75, 3.05) is 19.8 Å². The molecule has 0 bridgehead atoms. The molecule has 0 rings (SSSR count). The van der Waals surface area contributed by atoms with Crippen LogP contribution in [0.5, 0.6) is 0 Å². The van der Waals surface area contributed by atoms with Crippen LogP contribution in [0.2, 0.25) is 0 Å². The zero-order valence-electron chi connectivity index (χ0n) is 16.3. The molecule has 144 valence electrons. The van der Waals surface area contributed by atoms with Crippen LogP contribution in [0.1, 0.15) is 80.1 Å². The summed E-state index contributed by atoms with van der Waals surface area (Å²) in [7, 11) is 0. The molecule has 0 aliphatic heterocycles. The quantitative estimate of drug-likeness (QED) is 0.355. The van der Waals surface area contributed by atoms with Gasteiger partial charge in [-0.2, -0.15) is 0 Å². The minimum absolute atomic E-state index is 0.182. The Morgan fingerprint density at radius 1 is 0.542 bits per heavy atom. The first-order valence-electron chi connectivity index (χ1n) is 8.71. The van der Waals surface area contributed by atoms with Gasteiger partial charge in [-0.1, -0.05) is 40.0 Å². The van der Waals surface area contributed by atoms with Gasteiger partial charge in [0.15, 0.2) is 0 Å². The second kappa shape index (κ2) is 23.7. The third kappa shape index (κ3) is 42.8. The van der Waals surface area contributed by atoms with Gasteiger partial charge in [-0.05, 0) is 19.3 Å². The minimum Gasteiger partial charge on any atom is -0.466 e. The van der Waals surface area contributed by atoms with E-state index in [0.717, 1.165) is 38.5 Å².